The third-order valence-corrected chi connectivity index (χ3v) is 2.66. The van der Waals surface area contributed by atoms with Crippen LogP contribution in [0.2, 0.25) is 0 Å². The van der Waals surface area contributed by atoms with Crippen LogP contribution in [0.15, 0.2) is 0 Å². The molecule has 0 radical (unpaired) electrons. The van der Waals surface area contributed by atoms with E-state index in [1.165, 1.54) is 0 Å². The number of likely N-dealkylation sites (tertiary alicyclic amines) is 1. The van der Waals surface area contributed by atoms with Gasteiger partial charge >= 0.3 is 0 Å². The molecular weight excluding hydrogens is 154 g/mol. The second kappa shape index (κ2) is 3.90. The average molecular weight is 171 g/mol. The van der Waals surface area contributed by atoms with Gasteiger partial charge in [0.15, 0.2) is 0 Å². The lowest BCUT2D eigenvalue weighted by atomic mass is 9.95. The highest BCUT2D eigenvalue weighted by Gasteiger charge is 2.27. The van der Waals surface area contributed by atoms with Crippen molar-refractivity contribution >= 4 is 5.91 Å². The van der Waals surface area contributed by atoms with Gasteiger partial charge in [0.05, 0.1) is 0 Å². The van der Waals surface area contributed by atoms with Gasteiger partial charge in [0.2, 0.25) is 5.91 Å². The summed E-state index contributed by atoms with van der Waals surface area (Å²) >= 11 is 0. The molecule has 3 nitrogen and oxygen atoms in total. The summed E-state index contributed by atoms with van der Waals surface area (Å²) in [5, 5.41) is 8.63. The lowest BCUT2D eigenvalue weighted by Crippen LogP contribution is -2.31. The second-order valence-electron chi connectivity index (χ2n) is 3.79. The number of nitrogens with zero attached hydrogens (tertiary/aromatic N) is 1. The van der Waals surface area contributed by atoms with Crippen molar-refractivity contribution in [1.29, 1.82) is 0 Å². The van der Waals surface area contributed by atoms with E-state index in [9.17, 15) is 4.79 Å². The van der Waals surface area contributed by atoms with Crippen LogP contribution in [0.3, 0.4) is 0 Å². The molecule has 0 aromatic carbocycles. The van der Waals surface area contributed by atoms with Gasteiger partial charge < -0.3 is 10.0 Å². The highest BCUT2D eigenvalue weighted by Crippen LogP contribution is 2.23. The Morgan fingerprint density at radius 1 is 1.67 bits per heavy atom. The van der Waals surface area contributed by atoms with E-state index < -0.39 is 0 Å². The standard InChI is InChI=1S/C9H17NO2/c1-7(2)8-3-4-10(5-8)9(12)6-11/h7-8,11H,3-6H2,1-2H3/t8-/m0/s1. The molecule has 1 amide bonds. The van der Waals surface area contributed by atoms with Crippen molar-refractivity contribution in [2.24, 2.45) is 11.8 Å². The van der Waals surface area contributed by atoms with E-state index in [4.69, 9.17) is 5.11 Å². The van der Waals surface area contributed by atoms with E-state index in [0.717, 1.165) is 19.5 Å². The van der Waals surface area contributed by atoms with Gasteiger partial charge in [0.1, 0.15) is 6.61 Å². The normalized spacial score (nSPS) is 23.7. The van der Waals surface area contributed by atoms with Gasteiger partial charge in [-0.15, -0.1) is 0 Å². The van der Waals surface area contributed by atoms with Crippen molar-refractivity contribution in [3.63, 3.8) is 0 Å². The molecular formula is C9H17NO2. The zero-order valence-corrected chi connectivity index (χ0v) is 7.79. The topological polar surface area (TPSA) is 40.5 Å². The van der Waals surface area contributed by atoms with Crippen molar-refractivity contribution in [3.05, 3.63) is 0 Å². The van der Waals surface area contributed by atoms with Crippen LogP contribution < -0.4 is 0 Å². The van der Waals surface area contributed by atoms with Gasteiger partial charge in [-0.05, 0) is 18.3 Å². The monoisotopic (exact) mass is 171 g/mol. The van der Waals surface area contributed by atoms with Crippen molar-refractivity contribution in [2.75, 3.05) is 19.7 Å². The molecule has 3 heteroatoms. The first-order chi connectivity index (χ1) is 5.65. The third kappa shape index (κ3) is 1.97. The Labute approximate surface area is 73.4 Å². The minimum Gasteiger partial charge on any atom is -0.387 e. The van der Waals surface area contributed by atoms with E-state index in [1.54, 1.807) is 4.90 Å². The van der Waals surface area contributed by atoms with Gasteiger partial charge in [-0.2, -0.15) is 0 Å². The first kappa shape index (κ1) is 9.52. The first-order valence-electron chi connectivity index (χ1n) is 4.53. The maximum atomic E-state index is 11.1. The number of carbonyl (C=O) groups is 1. The Balaban J connectivity index is 2.40. The SMILES string of the molecule is CC(C)[C@H]1CCN(C(=O)CO)C1. The third-order valence-electron chi connectivity index (χ3n) is 2.66. The second-order valence-corrected chi connectivity index (χ2v) is 3.79. The molecule has 0 saturated carbocycles. The smallest absolute Gasteiger partial charge is 0.248 e. The molecule has 0 aliphatic carbocycles. The molecule has 1 fully saturated rings. The largest absolute Gasteiger partial charge is 0.387 e. The quantitative estimate of drug-likeness (QED) is 0.656. The predicted molar refractivity (Wildman–Crippen MR) is 46.6 cm³/mol. The Morgan fingerprint density at radius 2 is 2.33 bits per heavy atom. The number of hydrogen-bond acceptors (Lipinski definition) is 2. The summed E-state index contributed by atoms with van der Waals surface area (Å²) in [7, 11) is 0. The number of hydrogen-bond donors (Lipinski definition) is 1. The summed E-state index contributed by atoms with van der Waals surface area (Å²) in [4.78, 5) is 12.8. The number of carbonyl (C=O) groups excluding carboxylic acids is 1. The number of rotatable bonds is 2. The van der Waals surface area contributed by atoms with Crippen LogP contribution in [-0.4, -0.2) is 35.6 Å². The Morgan fingerprint density at radius 3 is 2.75 bits per heavy atom. The zero-order chi connectivity index (χ0) is 9.14. The van der Waals surface area contributed by atoms with E-state index in [1.807, 2.05) is 0 Å². The Bertz CT molecular complexity index is 168. The van der Waals surface area contributed by atoms with Crippen LogP contribution in [0.5, 0.6) is 0 Å². The average Bonchev–Trinajstić information content (AvgIpc) is 2.51. The molecule has 1 aliphatic rings. The Kier molecular flexibility index (Phi) is 3.09. The molecule has 0 unspecified atom stereocenters. The predicted octanol–water partition coefficient (Wildman–Crippen LogP) is 0.483. The molecule has 70 valence electrons. The molecule has 0 aromatic rings. The lowest BCUT2D eigenvalue weighted by molar-refractivity contribution is -0.133. The fourth-order valence-corrected chi connectivity index (χ4v) is 1.66. The van der Waals surface area contributed by atoms with Crippen LogP contribution in [0.1, 0.15) is 20.3 Å². The molecule has 1 rings (SSSR count). The minimum atomic E-state index is -0.342. The minimum absolute atomic E-state index is 0.127. The van der Waals surface area contributed by atoms with Gasteiger partial charge in [-0.25, -0.2) is 0 Å². The number of aliphatic hydroxyl groups excluding tert-OH is 1. The maximum absolute atomic E-state index is 11.1. The summed E-state index contributed by atoms with van der Waals surface area (Å²) in [5.74, 6) is 1.14. The van der Waals surface area contributed by atoms with Crippen molar-refractivity contribution in [1.82, 2.24) is 4.90 Å². The van der Waals surface area contributed by atoms with Crippen LogP contribution in [-0.2, 0) is 4.79 Å². The van der Waals surface area contributed by atoms with Gasteiger partial charge in [-0.1, -0.05) is 13.8 Å². The van der Waals surface area contributed by atoms with Gasteiger partial charge in [0.25, 0.3) is 0 Å². The summed E-state index contributed by atoms with van der Waals surface area (Å²) in [6.07, 6.45) is 1.09. The molecule has 1 atom stereocenters. The fraction of sp³-hybridized carbons (Fsp3) is 0.889. The van der Waals surface area contributed by atoms with E-state index >= 15 is 0 Å². The van der Waals surface area contributed by atoms with Gasteiger partial charge in [0, 0.05) is 13.1 Å². The molecule has 1 saturated heterocycles. The fourth-order valence-electron chi connectivity index (χ4n) is 1.66. The van der Waals surface area contributed by atoms with Crippen LogP contribution >= 0.6 is 0 Å². The summed E-state index contributed by atoms with van der Waals surface area (Å²) in [6, 6.07) is 0. The first-order valence-corrected chi connectivity index (χ1v) is 4.53. The molecule has 0 aromatic heterocycles. The van der Waals surface area contributed by atoms with Crippen LogP contribution in [0.4, 0.5) is 0 Å². The highest BCUT2D eigenvalue weighted by molar-refractivity contribution is 5.77. The van der Waals surface area contributed by atoms with E-state index in [0.29, 0.717) is 11.8 Å². The van der Waals surface area contributed by atoms with Crippen LogP contribution in [0, 0.1) is 11.8 Å². The Hall–Kier alpha value is -0.570. The number of aliphatic hydroxyl groups is 1. The van der Waals surface area contributed by atoms with Crippen molar-refractivity contribution in [2.45, 2.75) is 20.3 Å². The van der Waals surface area contributed by atoms with Crippen molar-refractivity contribution < 1.29 is 9.90 Å². The maximum Gasteiger partial charge on any atom is 0.248 e. The van der Waals surface area contributed by atoms with E-state index in [2.05, 4.69) is 13.8 Å². The van der Waals surface area contributed by atoms with Gasteiger partial charge in [-0.3, -0.25) is 4.79 Å². The summed E-state index contributed by atoms with van der Waals surface area (Å²) < 4.78 is 0. The van der Waals surface area contributed by atoms with E-state index in [-0.39, 0.29) is 12.5 Å². The van der Waals surface area contributed by atoms with Crippen LogP contribution in [0.25, 0.3) is 0 Å². The molecule has 1 N–H and O–H groups in total. The summed E-state index contributed by atoms with van der Waals surface area (Å²) in [5.41, 5.74) is 0. The molecule has 12 heavy (non-hydrogen) atoms. The summed E-state index contributed by atoms with van der Waals surface area (Å²) in [6.45, 7) is 5.67. The molecule has 1 heterocycles. The molecule has 1 aliphatic heterocycles. The lowest BCUT2D eigenvalue weighted by Gasteiger charge is -2.16. The highest BCUT2D eigenvalue weighted by atomic mass is 16.3. The molecule has 0 spiro atoms. The zero-order valence-electron chi connectivity index (χ0n) is 7.79. The number of amides is 1. The molecule has 0 bridgehead atoms. The van der Waals surface area contributed by atoms with Crippen molar-refractivity contribution in [3.8, 4) is 0 Å².